The van der Waals surface area contributed by atoms with Crippen LogP contribution in [0.25, 0.3) is 6.08 Å². The number of aromatic nitrogens is 1. The molecular formula is C20H22N2OS2. The van der Waals surface area contributed by atoms with Gasteiger partial charge in [-0.25, -0.2) is 0 Å². The SMILES string of the molecule is Cc1cc(/C=C2\SC(=S)N(CCCc3ccccc3)C2=O)c(C)n1C. The minimum atomic E-state index is 0.0315. The quantitative estimate of drug-likeness (QED) is 0.573. The third-order valence-corrected chi connectivity index (χ3v) is 6.04. The summed E-state index contributed by atoms with van der Waals surface area (Å²) in [5.41, 5.74) is 4.72. The molecule has 5 heteroatoms. The zero-order valence-electron chi connectivity index (χ0n) is 14.8. The molecule has 3 rings (SSSR count). The Balaban J connectivity index is 1.67. The third kappa shape index (κ3) is 3.88. The molecular weight excluding hydrogens is 348 g/mol. The van der Waals surface area contributed by atoms with Crippen LogP contribution in [-0.2, 0) is 18.3 Å². The van der Waals surface area contributed by atoms with Crippen molar-refractivity contribution in [2.75, 3.05) is 6.54 Å². The number of hydrogen-bond donors (Lipinski definition) is 0. The van der Waals surface area contributed by atoms with Crippen LogP contribution in [0.15, 0.2) is 41.3 Å². The van der Waals surface area contributed by atoms with Crippen LogP contribution in [0.3, 0.4) is 0 Å². The molecule has 3 nitrogen and oxygen atoms in total. The fourth-order valence-corrected chi connectivity index (χ4v) is 4.25. The lowest BCUT2D eigenvalue weighted by Crippen LogP contribution is -2.29. The van der Waals surface area contributed by atoms with Gasteiger partial charge in [0.25, 0.3) is 5.91 Å². The Bertz CT molecular complexity index is 837. The molecule has 25 heavy (non-hydrogen) atoms. The Morgan fingerprint density at radius 2 is 1.92 bits per heavy atom. The number of benzene rings is 1. The average Bonchev–Trinajstić information content (AvgIpc) is 3.00. The first kappa shape index (κ1) is 18.0. The normalized spacial score (nSPS) is 16.3. The van der Waals surface area contributed by atoms with Crippen LogP contribution in [0.1, 0.15) is 28.9 Å². The van der Waals surface area contributed by atoms with E-state index in [-0.39, 0.29) is 5.91 Å². The summed E-state index contributed by atoms with van der Waals surface area (Å²) in [6.07, 6.45) is 3.83. The van der Waals surface area contributed by atoms with Crippen molar-refractivity contribution in [3.05, 3.63) is 63.8 Å². The van der Waals surface area contributed by atoms with Crippen LogP contribution in [0.5, 0.6) is 0 Å². The Kier molecular flexibility index (Phi) is 5.45. The van der Waals surface area contributed by atoms with E-state index in [0.29, 0.717) is 10.9 Å². The number of carbonyl (C=O) groups excluding carboxylic acids is 1. The van der Waals surface area contributed by atoms with Gasteiger partial charge in [0.05, 0.1) is 4.91 Å². The maximum absolute atomic E-state index is 12.7. The Morgan fingerprint density at radius 3 is 2.56 bits per heavy atom. The molecule has 130 valence electrons. The topological polar surface area (TPSA) is 25.2 Å². The van der Waals surface area contributed by atoms with E-state index in [1.165, 1.54) is 23.0 Å². The van der Waals surface area contributed by atoms with Crippen molar-refractivity contribution < 1.29 is 4.79 Å². The van der Waals surface area contributed by atoms with Gasteiger partial charge in [-0.3, -0.25) is 9.69 Å². The largest absolute Gasteiger partial charge is 0.352 e. The number of amides is 1. The summed E-state index contributed by atoms with van der Waals surface area (Å²) in [5.74, 6) is 0.0315. The minimum absolute atomic E-state index is 0.0315. The van der Waals surface area contributed by atoms with Crippen LogP contribution in [0, 0.1) is 13.8 Å². The fraction of sp³-hybridized carbons (Fsp3) is 0.300. The van der Waals surface area contributed by atoms with Gasteiger partial charge in [-0.05, 0) is 50.0 Å². The van der Waals surface area contributed by atoms with Crippen molar-refractivity contribution in [1.82, 2.24) is 9.47 Å². The molecule has 1 fully saturated rings. The number of rotatable bonds is 5. The second-order valence-corrected chi connectivity index (χ2v) is 7.98. The number of hydrogen-bond acceptors (Lipinski definition) is 3. The smallest absolute Gasteiger partial charge is 0.266 e. The molecule has 0 saturated carbocycles. The van der Waals surface area contributed by atoms with Gasteiger partial charge in [-0.1, -0.05) is 54.3 Å². The standard InChI is InChI=1S/C20H22N2OS2/c1-14-12-17(15(2)21(14)3)13-18-19(23)22(20(24)25-18)11-7-10-16-8-5-4-6-9-16/h4-6,8-9,12-13H,7,10-11H2,1-3H3/b18-13-. The van der Waals surface area contributed by atoms with E-state index in [1.54, 1.807) is 4.90 Å². The van der Waals surface area contributed by atoms with Crippen LogP contribution < -0.4 is 0 Å². The summed E-state index contributed by atoms with van der Waals surface area (Å²) >= 11 is 6.83. The molecule has 0 radical (unpaired) electrons. The number of thioether (sulfide) groups is 1. The molecule has 0 spiro atoms. The van der Waals surface area contributed by atoms with Crippen molar-refractivity contribution in [2.24, 2.45) is 7.05 Å². The summed E-state index contributed by atoms with van der Waals surface area (Å²) in [4.78, 5) is 15.2. The molecule has 2 aromatic rings. The lowest BCUT2D eigenvalue weighted by atomic mass is 10.1. The molecule has 0 bridgehead atoms. The van der Waals surface area contributed by atoms with Crippen molar-refractivity contribution >= 4 is 40.3 Å². The lowest BCUT2D eigenvalue weighted by molar-refractivity contribution is -0.122. The van der Waals surface area contributed by atoms with Gasteiger partial charge in [-0.2, -0.15) is 0 Å². The summed E-state index contributed by atoms with van der Waals surface area (Å²) in [7, 11) is 2.04. The molecule has 0 atom stereocenters. The van der Waals surface area contributed by atoms with Crippen LogP contribution in [0.4, 0.5) is 0 Å². The highest BCUT2D eigenvalue weighted by Gasteiger charge is 2.31. The van der Waals surface area contributed by atoms with Crippen molar-refractivity contribution in [3.63, 3.8) is 0 Å². The molecule has 1 aromatic heterocycles. The monoisotopic (exact) mass is 370 g/mol. The Labute approximate surface area is 158 Å². The molecule has 0 aliphatic carbocycles. The number of thiocarbonyl (C=S) groups is 1. The highest BCUT2D eigenvalue weighted by Crippen LogP contribution is 2.33. The molecule has 1 saturated heterocycles. The molecule has 1 amide bonds. The summed E-state index contributed by atoms with van der Waals surface area (Å²) < 4.78 is 2.79. The first-order valence-corrected chi connectivity index (χ1v) is 9.62. The second kappa shape index (κ2) is 7.58. The molecule has 1 aromatic carbocycles. The van der Waals surface area contributed by atoms with Gasteiger partial charge in [0.1, 0.15) is 4.32 Å². The first-order valence-electron chi connectivity index (χ1n) is 8.39. The van der Waals surface area contributed by atoms with E-state index in [4.69, 9.17) is 12.2 Å². The molecule has 2 heterocycles. The maximum atomic E-state index is 12.7. The fourth-order valence-electron chi connectivity index (χ4n) is 2.95. The molecule has 0 unspecified atom stereocenters. The van der Waals surface area contributed by atoms with Crippen molar-refractivity contribution in [2.45, 2.75) is 26.7 Å². The van der Waals surface area contributed by atoms with Gasteiger partial charge in [-0.15, -0.1) is 0 Å². The highest BCUT2D eigenvalue weighted by atomic mass is 32.2. The zero-order valence-corrected chi connectivity index (χ0v) is 16.4. The minimum Gasteiger partial charge on any atom is -0.352 e. The van der Waals surface area contributed by atoms with Crippen LogP contribution >= 0.6 is 24.0 Å². The average molecular weight is 371 g/mol. The summed E-state index contributed by atoms with van der Waals surface area (Å²) in [6, 6.07) is 12.4. The Hall–Kier alpha value is -1.85. The second-order valence-electron chi connectivity index (χ2n) is 6.31. The van der Waals surface area contributed by atoms with Gasteiger partial charge in [0, 0.05) is 25.0 Å². The van der Waals surface area contributed by atoms with Gasteiger partial charge >= 0.3 is 0 Å². The zero-order chi connectivity index (χ0) is 18.0. The predicted molar refractivity (Wildman–Crippen MR) is 110 cm³/mol. The lowest BCUT2D eigenvalue weighted by Gasteiger charge is -2.14. The van der Waals surface area contributed by atoms with E-state index >= 15 is 0 Å². The van der Waals surface area contributed by atoms with Gasteiger partial charge in [0.2, 0.25) is 0 Å². The van der Waals surface area contributed by atoms with Gasteiger partial charge < -0.3 is 4.57 Å². The van der Waals surface area contributed by atoms with E-state index in [9.17, 15) is 4.79 Å². The van der Waals surface area contributed by atoms with Crippen molar-refractivity contribution in [3.8, 4) is 0 Å². The van der Waals surface area contributed by atoms with E-state index < -0.39 is 0 Å². The van der Waals surface area contributed by atoms with Crippen molar-refractivity contribution in [1.29, 1.82) is 0 Å². The predicted octanol–water partition coefficient (Wildman–Crippen LogP) is 4.48. The van der Waals surface area contributed by atoms with E-state index in [0.717, 1.165) is 29.0 Å². The molecule has 0 N–H and O–H groups in total. The van der Waals surface area contributed by atoms with Gasteiger partial charge in [0.15, 0.2) is 0 Å². The van der Waals surface area contributed by atoms with E-state index in [1.807, 2.05) is 31.3 Å². The number of aryl methyl sites for hydroxylation is 2. The highest BCUT2D eigenvalue weighted by molar-refractivity contribution is 8.26. The van der Waals surface area contributed by atoms with E-state index in [2.05, 4.69) is 36.6 Å². The molecule has 1 aliphatic rings. The summed E-state index contributed by atoms with van der Waals surface area (Å²) in [5, 5.41) is 0. The van der Waals surface area contributed by atoms with Crippen LogP contribution in [-0.4, -0.2) is 26.2 Å². The Morgan fingerprint density at radius 1 is 1.20 bits per heavy atom. The maximum Gasteiger partial charge on any atom is 0.266 e. The molecule has 1 aliphatic heterocycles. The third-order valence-electron chi connectivity index (χ3n) is 4.66. The number of carbonyl (C=O) groups is 1. The summed E-state index contributed by atoms with van der Waals surface area (Å²) in [6.45, 7) is 4.81. The first-order chi connectivity index (χ1) is 12.0. The van der Waals surface area contributed by atoms with Crippen LogP contribution in [0.2, 0.25) is 0 Å². The number of nitrogens with zero attached hydrogens (tertiary/aromatic N) is 2.